The number of aryl methyl sites for hydroxylation is 1. The molecule has 0 atom stereocenters. The van der Waals surface area contributed by atoms with Crippen LogP contribution in [0.4, 0.5) is 10.5 Å². The van der Waals surface area contributed by atoms with E-state index in [1.54, 1.807) is 18.2 Å². The summed E-state index contributed by atoms with van der Waals surface area (Å²) in [7, 11) is 0. The van der Waals surface area contributed by atoms with E-state index in [1.165, 1.54) is 6.21 Å². The predicted octanol–water partition coefficient (Wildman–Crippen LogP) is 3.62. The van der Waals surface area contributed by atoms with E-state index < -0.39 is 6.03 Å². The summed E-state index contributed by atoms with van der Waals surface area (Å²) in [6, 6.07) is 12.0. The minimum atomic E-state index is -0.418. The molecule has 0 aliphatic carbocycles. The Morgan fingerprint density at radius 1 is 1.29 bits per heavy atom. The second-order valence-corrected chi connectivity index (χ2v) is 5.20. The summed E-state index contributed by atoms with van der Waals surface area (Å²) in [6.45, 7) is 1.91. The summed E-state index contributed by atoms with van der Waals surface area (Å²) in [5, 5.41) is 15.9. The summed E-state index contributed by atoms with van der Waals surface area (Å²) >= 11 is 3.21. The number of hydrogen-bond acceptors (Lipinski definition) is 3. The number of nitrogens with one attached hydrogen (secondary N) is 2. The van der Waals surface area contributed by atoms with E-state index >= 15 is 0 Å². The third-order valence-electron chi connectivity index (χ3n) is 2.74. The fourth-order valence-corrected chi connectivity index (χ4v) is 2.03. The molecule has 0 spiro atoms. The lowest BCUT2D eigenvalue weighted by atomic mass is 10.2. The standard InChI is InChI=1S/C15H14BrN3O2/c1-10-4-2-3-5-13(10)18-15(21)19-17-9-11-6-7-14(20)12(16)8-11/h2-9,20H,1H3,(H2,18,19,21)/b17-9-. The molecule has 108 valence electrons. The van der Waals surface area contributed by atoms with Crippen LogP contribution in [0.15, 0.2) is 52.0 Å². The van der Waals surface area contributed by atoms with Crippen molar-refractivity contribution >= 4 is 33.9 Å². The van der Waals surface area contributed by atoms with Crippen LogP contribution in [0.3, 0.4) is 0 Å². The Labute approximate surface area is 130 Å². The highest BCUT2D eigenvalue weighted by molar-refractivity contribution is 9.10. The number of amides is 2. The molecule has 0 fully saturated rings. The molecule has 2 rings (SSSR count). The average molecular weight is 348 g/mol. The van der Waals surface area contributed by atoms with Gasteiger partial charge >= 0.3 is 6.03 Å². The SMILES string of the molecule is Cc1ccccc1NC(=O)N/N=C\c1ccc(O)c(Br)c1. The van der Waals surface area contributed by atoms with Crippen molar-refractivity contribution in [1.82, 2.24) is 5.43 Å². The number of phenolic OH excluding ortho intramolecular Hbond substituents is 1. The normalized spacial score (nSPS) is 10.6. The maximum Gasteiger partial charge on any atom is 0.339 e. The van der Waals surface area contributed by atoms with Gasteiger partial charge in [0.25, 0.3) is 0 Å². The molecule has 2 amide bonds. The lowest BCUT2D eigenvalue weighted by Crippen LogP contribution is -2.24. The third-order valence-corrected chi connectivity index (χ3v) is 3.38. The molecule has 0 bridgehead atoms. The van der Waals surface area contributed by atoms with Crippen LogP contribution >= 0.6 is 15.9 Å². The van der Waals surface area contributed by atoms with E-state index in [4.69, 9.17) is 0 Å². The van der Waals surface area contributed by atoms with Gasteiger partial charge in [-0.05, 0) is 58.2 Å². The molecule has 2 aromatic rings. The Morgan fingerprint density at radius 2 is 2.05 bits per heavy atom. The minimum Gasteiger partial charge on any atom is -0.507 e. The number of benzene rings is 2. The van der Waals surface area contributed by atoms with E-state index in [9.17, 15) is 9.90 Å². The number of anilines is 1. The van der Waals surface area contributed by atoms with Gasteiger partial charge in [-0.2, -0.15) is 5.10 Å². The lowest BCUT2D eigenvalue weighted by molar-refractivity contribution is 0.252. The maximum atomic E-state index is 11.7. The van der Waals surface area contributed by atoms with E-state index in [0.29, 0.717) is 4.47 Å². The molecule has 5 nitrogen and oxygen atoms in total. The molecule has 0 unspecified atom stereocenters. The second-order valence-electron chi connectivity index (χ2n) is 4.35. The van der Waals surface area contributed by atoms with E-state index in [1.807, 2.05) is 31.2 Å². The molecule has 0 aromatic heterocycles. The number of rotatable bonds is 3. The first-order valence-corrected chi connectivity index (χ1v) is 7.00. The molecule has 2 aromatic carbocycles. The van der Waals surface area contributed by atoms with Crippen molar-refractivity contribution in [3.8, 4) is 5.75 Å². The number of halogens is 1. The van der Waals surface area contributed by atoms with Gasteiger partial charge in [0.1, 0.15) is 5.75 Å². The molecule has 0 aliphatic rings. The van der Waals surface area contributed by atoms with Gasteiger partial charge in [-0.3, -0.25) is 0 Å². The van der Waals surface area contributed by atoms with Gasteiger partial charge in [0.2, 0.25) is 0 Å². The number of urea groups is 1. The number of phenols is 1. The number of nitrogens with zero attached hydrogens (tertiary/aromatic N) is 1. The predicted molar refractivity (Wildman–Crippen MR) is 86.7 cm³/mol. The van der Waals surface area contributed by atoms with E-state index in [2.05, 4.69) is 31.8 Å². The molecular weight excluding hydrogens is 334 g/mol. The highest BCUT2D eigenvalue weighted by Gasteiger charge is 2.02. The monoisotopic (exact) mass is 347 g/mol. The van der Waals surface area contributed by atoms with Crippen LogP contribution in [-0.4, -0.2) is 17.4 Å². The number of hydrogen-bond donors (Lipinski definition) is 3. The van der Waals surface area contributed by atoms with Crippen LogP contribution in [0.2, 0.25) is 0 Å². The van der Waals surface area contributed by atoms with Crippen molar-refractivity contribution in [3.63, 3.8) is 0 Å². The Kier molecular flexibility index (Phi) is 4.94. The van der Waals surface area contributed by atoms with Crippen LogP contribution in [0, 0.1) is 6.92 Å². The van der Waals surface area contributed by atoms with Crippen LogP contribution in [0.5, 0.6) is 5.75 Å². The van der Waals surface area contributed by atoms with Crippen LogP contribution in [0.25, 0.3) is 0 Å². The Morgan fingerprint density at radius 3 is 2.76 bits per heavy atom. The fraction of sp³-hybridized carbons (Fsp3) is 0.0667. The highest BCUT2D eigenvalue weighted by atomic mass is 79.9. The smallest absolute Gasteiger partial charge is 0.339 e. The van der Waals surface area contributed by atoms with E-state index in [0.717, 1.165) is 16.8 Å². The Balaban J connectivity index is 1.93. The van der Waals surface area contributed by atoms with Crippen molar-refractivity contribution < 1.29 is 9.90 Å². The second kappa shape index (κ2) is 6.90. The first-order valence-electron chi connectivity index (χ1n) is 6.20. The van der Waals surface area contributed by atoms with Gasteiger partial charge in [0, 0.05) is 5.69 Å². The van der Waals surface area contributed by atoms with Crippen LogP contribution < -0.4 is 10.7 Å². The van der Waals surface area contributed by atoms with Gasteiger partial charge in [0.15, 0.2) is 0 Å². The number of aromatic hydroxyl groups is 1. The zero-order valence-electron chi connectivity index (χ0n) is 11.3. The van der Waals surface area contributed by atoms with E-state index in [-0.39, 0.29) is 5.75 Å². The zero-order valence-corrected chi connectivity index (χ0v) is 12.9. The molecular formula is C15H14BrN3O2. The quantitative estimate of drug-likeness (QED) is 0.586. The van der Waals surface area contributed by atoms with Gasteiger partial charge in [-0.1, -0.05) is 18.2 Å². The lowest BCUT2D eigenvalue weighted by Gasteiger charge is -2.06. The number of carbonyl (C=O) groups is 1. The van der Waals surface area contributed by atoms with Crippen LogP contribution in [0.1, 0.15) is 11.1 Å². The largest absolute Gasteiger partial charge is 0.507 e. The first-order chi connectivity index (χ1) is 10.1. The molecule has 3 N–H and O–H groups in total. The fourth-order valence-electron chi connectivity index (χ4n) is 1.63. The molecule has 0 aliphatic heterocycles. The van der Waals surface area contributed by atoms with Crippen molar-refractivity contribution in [2.75, 3.05) is 5.32 Å². The van der Waals surface area contributed by atoms with Gasteiger partial charge in [0.05, 0.1) is 10.7 Å². The summed E-state index contributed by atoms with van der Waals surface area (Å²) < 4.78 is 0.566. The molecule has 0 saturated heterocycles. The number of para-hydroxylation sites is 1. The van der Waals surface area contributed by atoms with Crippen molar-refractivity contribution in [2.45, 2.75) is 6.92 Å². The van der Waals surface area contributed by atoms with Gasteiger partial charge < -0.3 is 10.4 Å². The molecule has 6 heteroatoms. The highest BCUT2D eigenvalue weighted by Crippen LogP contribution is 2.23. The first kappa shape index (κ1) is 15.1. The summed E-state index contributed by atoms with van der Waals surface area (Å²) in [5.41, 5.74) is 4.83. The average Bonchev–Trinajstić information content (AvgIpc) is 2.45. The molecule has 0 heterocycles. The Bertz CT molecular complexity index is 686. The minimum absolute atomic E-state index is 0.150. The molecule has 21 heavy (non-hydrogen) atoms. The summed E-state index contributed by atoms with van der Waals surface area (Å²) in [5.74, 6) is 0.150. The van der Waals surface area contributed by atoms with Gasteiger partial charge in [-0.15, -0.1) is 0 Å². The summed E-state index contributed by atoms with van der Waals surface area (Å²) in [6.07, 6.45) is 1.49. The number of hydrazone groups is 1. The van der Waals surface area contributed by atoms with Gasteiger partial charge in [-0.25, -0.2) is 10.2 Å². The van der Waals surface area contributed by atoms with Crippen molar-refractivity contribution in [1.29, 1.82) is 0 Å². The summed E-state index contributed by atoms with van der Waals surface area (Å²) in [4.78, 5) is 11.7. The maximum absolute atomic E-state index is 11.7. The van der Waals surface area contributed by atoms with Crippen LogP contribution in [-0.2, 0) is 0 Å². The third kappa shape index (κ3) is 4.32. The zero-order chi connectivity index (χ0) is 15.2. The topological polar surface area (TPSA) is 73.7 Å². The Hall–Kier alpha value is -2.34. The van der Waals surface area contributed by atoms with Crippen molar-refractivity contribution in [2.24, 2.45) is 5.10 Å². The number of carbonyl (C=O) groups excluding carboxylic acids is 1. The molecule has 0 saturated carbocycles. The van der Waals surface area contributed by atoms with Crippen molar-refractivity contribution in [3.05, 3.63) is 58.1 Å². The molecule has 0 radical (unpaired) electrons.